The summed E-state index contributed by atoms with van der Waals surface area (Å²) < 4.78 is 8.09. The lowest BCUT2D eigenvalue weighted by Crippen LogP contribution is -2.14. The summed E-state index contributed by atoms with van der Waals surface area (Å²) in [5, 5.41) is 0.693. The first-order valence-electron chi connectivity index (χ1n) is 7.44. The smallest absolute Gasteiger partial charge is 0.252 e. The molecule has 0 aliphatic heterocycles. The summed E-state index contributed by atoms with van der Waals surface area (Å²) in [7, 11) is 3.53. The van der Waals surface area contributed by atoms with Crippen molar-refractivity contribution in [2.45, 2.75) is 13.3 Å². The Morgan fingerprint density at radius 1 is 1.29 bits per heavy atom. The number of rotatable bonds is 3. The molecule has 1 amide bonds. The summed E-state index contributed by atoms with van der Waals surface area (Å²) in [6, 6.07) is 11.3. The highest BCUT2D eigenvalue weighted by Gasteiger charge is 2.09. The Hall–Kier alpha value is -2.11. The maximum atomic E-state index is 12.3. The molecule has 124 valence electrons. The van der Waals surface area contributed by atoms with Gasteiger partial charge in [0, 0.05) is 12.1 Å². The van der Waals surface area contributed by atoms with Crippen molar-refractivity contribution in [3.63, 3.8) is 0 Å². The predicted molar refractivity (Wildman–Crippen MR) is 97.8 cm³/mol. The quantitative estimate of drug-likeness (QED) is 0.711. The number of fused-ring (bicyclic) bond motifs is 1. The lowest BCUT2D eigenvalue weighted by atomic mass is 10.1. The van der Waals surface area contributed by atoms with Crippen molar-refractivity contribution in [2.75, 3.05) is 7.11 Å². The summed E-state index contributed by atoms with van der Waals surface area (Å²) >= 11 is 7.58. The molecule has 0 saturated heterocycles. The molecule has 0 saturated carbocycles. The Morgan fingerprint density at radius 2 is 2.00 bits per heavy atom. The average Bonchev–Trinajstić information content (AvgIpc) is 2.83. The number of amides is 1. The maximum Gasteiger partial charge on any atom is 0.252 e. The van der Waals surface area contributed by atoms with E-state index >= 15 is 0 Å². The second-order valence-electron chi connectivity index (χ2n) is 5.54. The number of methoxy groups -OCH3 is 1. The number of halogens is 1. The van der Waals surface area contributed by atoms with Crippen molar-refractivity contribution in [1.29, 1.82) is 0 Å². The molecule has 24 heavy (non-hydrogen) atoms. The van der Waals surface area contributed by atoms with Gasteiger partial charge < -0.3 is 9.30 Å². The average molecular weight is 361 g/mol. The van der Waals surface area contributed by atoms with E-state index in [9.17, 15) is 4.79 Å². The van der Waals surface area contributed by atoms with E-state index in [0.29, 0.717) is 9.82 Å². The molecule has 0 bridgehead atoms. The van der Waals surface area contributed by atoms with Gasteiger partial charge in [0.2, 0.25) is 0 Å². The number of ether oxygens (including phenoxy) is 1. The number of carbonyl (C=O) groups excluding carboxylic acids is 1. The standard InChI is InChI=1S/C18H17ClN2O2S/c1-11-8-13(19)10-15-17(11)21(2)18(24-15)20-16(22)9-12-4-6-14(23-3)7-5-12/h4-8,10H,9H2,1-3H3. The highest BCUT2D eigenvalue weighted by molar-refractivity contribution is 7.16. The number of aryl methyl sites for hydroxylation is 2. The van der Waals surface area contributed by atoms with Crippen molar-refractivity contribution >= 4 is 39.1 Å². The van der Waals surface area contributed by atoms with Gasteiger partial charge in [-0.15, -0.1) is 0 Å². The van der Waals surface area contributed by atoms with Crippen molar-refractivity contribution in [3.05, 3.63) is 57.3 Å². The second-order valence-corrected chi connectivity index (χ2v) is 6.99. The molecular weight excluding hydrogens is 344 g/mol. The van der Waals surface area contributed by atoms with Gasteiger partial charge in [-0.2, -0.15) is 4.99 Å². The minimum atomic E-state index is -0.175. The second kappa shape index (κ2) is 6.79. The van der Waals surface area contributed by atoms with E-state index in [1.54, 1.807) is 7.11 Å². The van der Waals surface area contributed by atoms with Crippen LogP contribution in [0.2, 0.25) is 5.02 Å². The molecule has 6 heteroatoms. The van der Waals surface area contributed by atoms with Crippen LogP contribution in [-0.2, 0) is 18.3 Å². The highest BCUT2D eigenvalue weighted by Crippen LogP contribution is 2.25. The van der Waals surface area contributed by atoms with Crippen LogP contribution in [-0.4, -0.2) is 17.6 Å². The molecule has 1 aromatic heterocycles. The lowest BCUT2D eigenvalue weighted by Gasteiger charge is -2.01. The van der Waals surface area contributed by atoms with Crippen molar-refractivity contribution < 1.29 is 9.53 Å². The zero-order chi connectivity index (χ0) is 17.3. The predicted octanol–water partition coefficient (Wildman–Crippen LogP) is 3.88. The molecule has 0 spiro atoms. The van der Waals surface area contributed by atoms with Gasteiger partial charge in [0.25, 0.3) is 5.91 Å². The first-order chi connectivity index (χ1) is 11.5. The van der Waals surface area contributed by atoms with E-state index in [0.717, 1.165) is 27.1 Å². The van der Waals surface area contributed by atoms with Crippen LogP contribution in [0.4, 0.5) is 0 Å². The van der Waals surface area contributed by atoms with E-state index in [1.165, 1.54) is 11.3 Å². The van der Waals surface area contributed by atoms with Crippen LogP contribution < -0.4 is 9.54 Å². The topological polar surface area (TPSA) is 43.6 Å². The maximum absolute atomic E-state index is 12.3. The Morgan fingerprint density at radius 3 is 2.67 bits per heavy atom. The van der Waals surface area contributed by atoms with Gasteiger partial charge in [-0.1, -0.05) is 35.1 Å². The largest absolute Gasteiger partial charge is 0.497 e. The minimum absolute atomic E-state index is 0.175. The monoisotopic (exact) mass is 360 g/mol. The van der Waals surface area contributed by atoms with Crippen LogP contribution >= 0.6 is 22.9 Å². The normalized spacial score (nSPS) is 11.9. The van der Waals surface area contributed by atoms with Gasteiger partial charge >= 0.3 is 0 Å². The number of carbonyl (C=O) groups is 1. The highest BCUT2D eigenvalue weighted by atomic mass is 35.5. The molecule has 3 aromatic rings. The zero-order valence-electron chi connectivity index (χ0n) is 13.7. The summed E-state index contributed by atoms with van der Waals surface area (Å²) in [6.45, 7) is 2.00. The Kier molecular flexibility index (Phi) is 4.73. The van der Waals surface area contributed by atoms with Crippen LogP contribution in [0.25, 0.3) is 10.2 Å². The van der Waals surface area contributed by atoms with Gasteiger partial charge in [0.15, 0.2) is 4.80 Å². The molecule has 0 aliphatic rings. The van der Waals surface area contributed by atoms with Gasteiger partial charge in [0.05, 0.1) is 23.7 Å². The van der Waals surface area contributed by atoms with Crippen molar-refractivity contribution in [1.82, 2.24) is 4.57 Å². The molecule has 3 rings (SSSR count). The molecule has 0 atom stereocenters. The number of benzene rings is 2. The number of hydrogen-bond donors (Lipinski definition) is 0. The van der Waals surface area contributed by atoms with Crippen LogP contribution in [0.3, 0.4) is 0 Å². The fourth-order valence-electron chi connectivity index (χ4n) is 2.64. The van der Waals surface area contributed by atoms with Gasteiger partial charge in [0.1, 0.15) is 5.75 Å². The molecular formula is C18H17ClN2O2S. The molecule has 0 N–H and O–H groups in total. The first kappa shape index (κ1) is 16.7. The minimum Gasteiger partial charge on any atom is -0.497 e. The summed E-state index contributed by atoms with van der Waals surface area (Å²) in [5.41, 5.74) is 3.04. The number of nitrogens with zero attached hydrogens (tertiary/aromatic N) is 2. The lowest BCUT2D eigenvalue weighted by molar-refractivity contribution is -0.117. The van der Waals surface area contributed by atoms with E-state index in [4.69, 9.17) is 16.3 Å². The summed E-state index contributed by atoms with van der Waals surface area (Å²) in [6.07, 6.45) is 0.262. The van der Waals surface area contributed by atoms with E-state index in [-0.39, 0.29) is 12.3 Å². The number of thiazole rings is 1. The zero-order valence-corrected chi connectivity index (χ0v) is 15.2. The Labute approximate surface area is 149 Å². The van der Waals surface area contributed by atoms with Crippen molar-refractivity contribution in [2.24, 2.45) is 12.0 Å². The third-order valence-corrected chi connectivity index (χ3v) is 5.09. The molecule has 0 fully saturated rings. The molecule has 0 unspecified atom stereocenters. The number of hydrogen-bond acceptors (Lipinski definition) is 3. The van der Waals surface area contributed by atoms with Crippen molar-refractivity contribution in [3.8, 4) is 5.75 Å². The third kappa shape index (κ3) is 3.37. The van der Waals surface area contributed by atoms with E-state index in [1.807, 2.05) is 54.9 Å². The van der Waals surface area contributed by atoms with Crippen LogP contribution in [0.15, 0.2) is 41.4 Å². The van der Waals surface area contributed by atoms with Gasteiger partial charge in [-0.05, 0) is 42.3 Å². The molecule has 0 radical (unpaired) electrons. The number of aromatic nitrogens is 1. The summed E-state index contributed by atoms with van der Waals surface area (Å²) in [4.78, 5) is 17.2. The van der Waals surface area contributed by atoms with Crippen LogP contribution in [0.5, 0.6) is 5.75 Å². The SMILES string of the molecule is COc1ccc(CC(=O)N=c2sc3cc(Cl)cc(C)c3n2C)cc1. The van der Waals surface area contributed by atoms with Crippen LogP contribution in [0.1, 0.15) is 11.1 Å². The van der Waals surface area contributed by atoms with Gasteiger partial charge in [-0.3, -0.25) is 4.79 Å². The molecule has 2 aromatic carbocycles. The first-order valence-corrected chi connectivity index (χ1v) is 8.63. The third-order valence-electron chi connectivity index (χ3n) is 3.79. The Balaban J connectivity index is 1.92. The van der Waals surface area contributed by atoms with Gasteiger partial charge in [-0.25, -0.2) is 0 Å². The van der Waals surface area contributed by atoms with Crippen LogP contribution in [0, 0.1) is 6.92 Å². The fraction of sp³-hybridized carbons (Fsp3) is 0.222. The Bertz CT molecular complexity index is 971. The van der Waals surface area contributed by atoms with E-state index < -0.39 is 0 Å². The van der Waals surface area contributed by atoms with E-state index in [2.05, 4.69) is 4.99 Å². The molecule has 4 nitrogen and oxygen atoms in total. The molecule has 1 heterocycles. The fourth-order valence-corrected chi connectivity index (χ4v) is 4.13. The molecule has 0 aliphatic carbocycles. The summed E-state index contributed by atoms with van der Waals surface area (Å²) in [5.74, 6) is 0.595.